The van der Waals surface area contributed by atoms with E-state index in [0.717, 1.165) is 10.5 Å². The van der Waals surface area contributed by atoms with Crippen LogP contribution in [-0.2, 0) is 24.5 Å². The van der Waals surface area contributed by atoms with Crippen LogP contribution in [0.3, 0.4) is 0 Å². The van der Waals surface area contributed by atoms with E-state index in [1.807, 2.05) is 51.1 Å². The lowest BCUT2D eigenvalue weighted by molar-refractivity contribution is -0.145. The van der Waals surface area contributed by atoms with Crippen LogP contribution in [0.1, 0.15) is 50.8 Å². The highest BCUT2D eigenvalue weighted by atomic mass is 32.2. The summed E-state index contributed by atoms with van der Waals surface area (Å²) in [5.74, 6) is -2.48. The van der Waals surface area contributed by atoms with Crippen LogP contribution in [0, 0.1) is 5.82 Å². The summed E-state index contributed by atoms with van der Waals surface area (Å²) in [6.07, 6.45) is 0.517. The molecule has 1 atom stereocenters. The molecule has 7 nitrogen and oxygen atoms in total. The average Bonchev–Trinajstić information content (AvgIpc) is 3.26. The van der Waals surface area contributed by atoms with Gasteiger partial charge in [0.2, 0.25) is 0 Å². The van der Waals surface area contributed by atoms with E-state index in [4.69, 9.17) is 4.74 Å². The van der Waals surface area contributed by atoms with Crippen molar-refractivity contribution < 1.29 is 28.3 Å². The molecule has 2 aromatic carbocycles. The molecule has 3 amide bonds. The quantitative estimate of drug-likeness (QED) is 0.442. The Morgan fingerprint density at radius 2 is 1.78 bits per heavy atom. The third-order valence-electron chi connectivity index (χ3n) is 7.05. The highest BCUT2D eigenvalue weighted by Crippen LogP contribution is 2.57. The van der Waals surface area contributed by atoms with Crippen molar-refractivity contribution in [3.05, 3.63) is 69.9 Å². The Hall–Kier alpha value is -3.46. The number of amides is 3. The maximum Gasteiger partial charge on any atom is 0.326 e. The number of ether oxygens (including phenoxy) is 1. The molecule has 2 aromatic rings. The van der Waals surface area contributed by atoms with Gasteiger partial charge >= 0.3 is 5.97 Å². The molecule has 0 N–H and O–H groups in total. The minimum absolute atomic E-state index is 0.00848. The van der Waals surface area contributed by atoms with Crippen LogP contribution in [0.5, 0.6) is 0 Å². The first-order valence-electron chi connectivity index (χ1n) is 11.7. The maximum atomic E-state index is 15.1. The number of imide groups is 1. The minimum atomic E-state index is -0.761. The molecule has 3 aliphatic heterocycles. The molecule has 1 fully saturated rings. The Kier molecular flexibility index (Phi) is 5.59. The smallest absolute Gasteiger partial charge is 0.326 e. The molecule has 1 saturated heterocycles. The third kappa shape index (κ3) is 3.48. The van der Waals surface area contributed by atoms with Gasteiger partial charge in [-0.2, -0.15) is 0 Å². The van der Waals surface area contributed by atoms with E-state index >= 15 is 4.39 Å². The average molecular weight is 509 g/mol. The summed E-state index contributed by atoms with van der Waals surface area (Å²) >= 11 is 0.587. The molecule has 0 aromatic heterocycles. The van der Waals surface area contributed by atoms with Crippen LogP contribution in [0.2, 0.25) is 0 Å². The summed E-state index contributed by atoms with van der Waals surface area (Å²) in [4.78, 5) is 54.0. The molecule has 0 bridgehead atoms. The molecule has 0 spiro atoms. The lowest BCUT2D eigenvalue weighted by Gasteiger charge is -2.49. The number of hydrogen-bond acceptors (Lipinski definition) is 6. The zero-order valence-electron chi connectivity index (χ0n) is 20.4. The number of carbonyl (C=O) groups is 4. The van der Waals surface area contributed by atoms with Crippen LogP contribution >= 0.6 is 11.8 Å². The van der Waals surface area contributed by atoms with Crippen LogP contribution in [-0.4, -0.2) is 46.6 Å². The van der Waals surface area contributed by atoms with Crippen LogP contribution in [0.25, 0.3) is 5.57 Å². The Bertz CT molecular complexity index is 1370. The van der Waals surface area contributed by atoms with E-state index in [0.29, 0.717) is 29.4 Å². The van der Waals surface area contributed by atoms with E-state index < -0.39 is 46.3 Å². The highest BCUT2D eigenvalue weighted by molar-refractivity contribution is 8.18. The first kappa shape index (κ1) is 24.2. The molecular weight excluding hydrogens is 483 g/mol. The Morgan fingerprint density at radius 3 is 2.44 bits per heavy atom. The van der Waals surface area contributed by atoms with Crippen LogP contribution < -0.4 is 4.90 Å². The summed E-state index contributed by atoms with van der Waals surface area (Å²) in [5, 5.41) is -0.678. The topological polar surface area (TPSA) is 84.0 Å². The van der Waals surface area contributed by atoms with E-state index in [1.54, 1.807) is 11.8 Å². The standard InChI is InChI=1S/C27H25FN2O5S/c1-5-35-19(31)13-29-24(33)22(36-25(29)34)20-17-11-16(28)12-18-21(17)30(23(20)32)26(2,3)14-27(18,4)15-9-7-6-8-10-15/h6-12H,5,13-14H2,1-4H3/b22-20-. The number of hydrogen-bond donors (Lipinski definition) is 0. The van der Waals surface area contributed by atoms with Gasteiger partial charge in [-0.1, -0.05) is 37.3 Å². The molecule has 186 valence electrons. The molecule has 3 aliphatic rings. The second kappa shape index (κ2) is 8.30. The van der Waals surface area contributed by atoms with Gasteiger partial charge in [-0.15, -0.1) is 0 Å². The Balaban J connectivity index is 1.71. The van der Waals surface area contributed by atoms with Crippen molar-refractivity contribution in [3.63, 3.8) is 0 Å². The fraction of sp³-hybridized carbons (Fsp3) is 0.333. The van der Waals surface area contributed by atoms with Crippen molar-refractivity contribution >= 4 is 46.0 Å². The predicted octanol–water partition coefficient (Wildman–Crippen LogP) is 4.63. The van der Waals surface area contributed by atoms with Crippen molar-refractivity contribution in [1.82, 2.24) is 4.90 Å². The fourth-order valence-corrected chi connectivity index (χ4v) is 6.63. The molecule has 1 unspecified atom stereocenters. The minimum Gasteiger partial charge on any atom is -0.465 e. The summed E-state index contributed by atoms with van der Waals surface area (Å²) in [6.45, 7) is 7.09. The second-order valence-corrected chi connectivity index (χ2v) is 10.9. The van der Waals surface area contributed by atoms with E-state index in [9.17, 15) is 19.2 Å². The summed E-state index contributed by atoms with van der Waals surface area (Å²) in [5.41, 5.74) is 1.18. The van der Waals surface area contributed by atoms with E-state index in [-0.39, 0.29) is 22.6 Å². The van der Waals surface area contributed by atoms with Gasteiger partial charge in [-0.3, -0.25) is 24.1 Å². The lowest BCUT2D eigenvalue weighted by Crippen LogP contribution is -2.54. The number of esters is 1. The van der Waals surface area contributed by atoms with Gasteiger partial charge in [0.05, 0.1) is 22.8 Å². The maximum absolute atomic E-state index is 15.1. The van der Waals surface area contributed by atoms with Crippen molar-refractivity contribution in [2.75, 3.05) is 18.1 Å². The van der Waals surface area contributed by atoms with E-state index in [2.05, 4.69) is 0 Å². The molecule has 36 heavy (non-hydrogen) atoms. The lowest BCUT2D eigenvalue weighted by atomic mass is 9.65. The van der Waals surface area contributed by atoms with Crippen LogP contribution in [0.4, 0.5) is 14.9 Å². The first-order valence-corrected chi connectivity index (χ1v) is 12.5. The summed E-state index contributed by atoms with van der Waals surface area (Å²) in [7, 11) is 0. The monoisotopic (exact) mass is 508 g/mol. The number of rotatable bonds is 4. The number of carbonyl (C=O) groups excluding carboxylic acids is 4. The summed E-state index contributed by atoms with van der Waals surface area (Å²) < 4.78 is 20.0. The number of halogens is 1. The molecule has 0 saturated carbocycles. The predicted molar refractivity (Wildman–Crippen MR) is 134 cm³/mol. The van der Waals surface area contributed by atoms with E-state index in [1.165, 1.54) is 12.1 Å². The second-order valence-electron chi connectivity index (χ2n) is 9.95. The zero-order valence-corrected chi connectivity index (χ0v) is 21.2. The molecule has 0 aliphatic carbocycles. The zero-order chi connectivity index (χ0) is 26.0. The van der Waals surface area contributed by atoms with Gasteiger partial charge in [-0.25, -0.2) is 4.39 Å². The van der Waals surface area contributed by atoms with Crippen molar-refractivity contribution in [1.29, 1.82) is 0 Å². The van der Waals surface area contributed by atoms with Gasteiger partial charge in [0.25, 0.3) is 17.1 Å². The van der Waals surface area contributed by atoms with Crippen molar-refractivity contribution in [3.8, 4) is 0 Å². The van der Waals surface area contributed by atoms with Gasteiger partial charge < -0.3 is 9.64 Å². The third-order valence-corrected chi connectivity index (χ3v) is 8.03. The SMILES string of the molecule is CCOC(=O)CN1C(=O)S/C(=C2\C(=O)N3c4c2cc(F)cc4C(C)(c2ccccc2)CC3(C)C)C1=O. The Morgan fingerprint density at radius 1 is 1.08 bits per heavy atom. The molecule has 5 rings (SSSR count). The van der Waals surface area contributed by atoms with Crippen LogP contribution in [0.15, 0.2) is 47.4 Å². The molecule has 9 heteroatoms. The number of nitrogens with zero attached hydrogens (tertiary/aromatic N) is 2. The fourth-order valence-electron chi connectivity index (χ4n) is 5.70. The van der Waals surface area contributed by atoms with Crippen molar-refractivity contribution in [2.45, 2.75) is 45.1 Å². The normalized spacial score (nSPS) is 24.4. The first-order chi connectivity index (χ1) is 17.0. The largest absolute Gasteiger partial charge is 0.465 e. The van der Waals surface area contributed by atoms with Gasteiger partial charge in [0, 0.05) is 16.5 Å². The Labute approximate surface area is 212 Å². The molecule has 3 heterocycles. The molecule has 0 radical (unpaired) electrons. The highest BCUT2D eigenvalue weighted by Gasteiger charge is 2.54. The van der Waals surface area contributed by atoms with Crippen molar-refractivity contribution in [2.24, 2.45) is 0 Å². The summed E-state index contributed by atoms with van der Waals surface area (Å²) in [6, 6.07) is 12.4. The van der Waals surface area contributed by atoms with Gasteiger partial charge in [0.1, 0.15) is 12.4 Å². The molecular formula is C27H25FN2O5S. The number of anilines is 1. The van der Waals surface area contributed by atoms with Gasteiger partial charge in [0.15, 0.2) is 0 Å². The number of benzene rings is 2. The number of thioether (sulfide) groups is 1. The van der Waals surface area contributed by atoms with Gasteiger partial charge in [-0.05, 0) is 62.2 Å².